The third-order valence-corrected chi connectivity index (χ3v) is 5.51. The van der Waals surface area contributed by atoms with Crippen molar-refractivity contribution in [3.63, 3.8) is 0 Å². The first-order valence-electron chi connectivity index (χ1n) is 10.5. The van der Waals surface area contributed by atoms with Crippen LogP contribution in [-0.4, -0.2) is 35.4 Å². The van der Waals surface area contributed by atoms with E-state index in [-0.39, 0.29) is 18.4 Å². The largest absolute Gasteiger partial charge is 0.455 e. The van der Waals surface area contributed by atoms with Crippen molar-refractivity contribution in [3.8, 4) is 0 Å². The van der Waals surface area contributed by atoms with Crippen molar-refractivity contribution in [2.24, 2.45) is 0 Å². The van der Waals surface area contributed by atoms with Crippen LogP contribution in [0.5, 0.6) is 0 Å². The lowest BCUT2D eigenvalue weighted by molar-refractivity contribution is -0.146. The average Bonchev–Trinajstić information content (AvgIpc) is 3.43. The molecule has 1 heterocycles. The van der Waals surface area contributed by atoms with Gasteiger partial charge in [-0.25, -0.2) is 0 Å². The molecule has 0 bridgehead atoms. The van der Waals surface area contributed by atoms with Crippen molar-refractivity contribution < 1.29 is 19.1 Å². The van der Waals surface area contributed by atoms with Gasteiger partial charge in [0, 0.05) is 23.1 Å². The molecule has 1 saturated carbocycles. The summed E-state index contributed by atoms with van der Waals surface area (Å²) in [7, 11) is 0. The summed E-state index contributed by atoms with van der Waals surface area (Å²) < 4.78 is 5.14. The van der Waals surface area contributed by atoms with Crippen molar-refractivity contribution in [2.75, 3.05) is 11.9 Å². The van der Waals surface area contributed by atoms with Crippen LogP contribution in [0.1, 0.15) is 41.6 Å². The van der Waals surface area contributed by atoms with Crippen LogP contribution >= 0.6 is 0 Å². The van der Waals surface area contributed by atoms with Crippen LogP contribution < -0.4 is 10.6 Å². The molecule has 31 heavy (non-hydrogen) atoms. The van der Waals surface area contributed by atoms with E-state index in [9.17, 15) is 14.4 Å². The molecule has 7 heteroatoms. The summed E-state index contributed by atoms with van der Waals surface area (Å²) in [6, 6.07) is 14.7. The molecule has 2 aromatic carbocycles. The van der Waals surface area contributed by atoms with Crippen LogP contribution in [-0.2, 0) is 20.7 Å². The summed E-state index contributed by atoms with van der Waals surface area (Å²) in [6.45, 7) is -0.417. The normalized spacial score (nSPS) is 13.8. The molecule has 1 aliphatic rings. The van der Waals surface area contributed by atoms with Crippen molar-refractivity contribution in [3.05, 3.63) is 65.9 Å². The fraction of sp³-hybridized carbons (Fsp3) is 0.292. The van der Waals surface area contributed by atoms with Gasteiger partial charge in [0.1, 0.15) is 0 Å². The summed E-state index contributed by atoms with van der Waals surface area (Å²) in [4.78, 5) is 40.2. The third-order valence-electron chi connectivity index (χ3n) is 5.51. The van der Waals surface area contributed by atoms with Gasteiger partial charge in [-0.1, -0.05) is 43.2 Å². The van der Waals surface area contributed by atoms with E-state index in [4.69, 9.17) is 4.74 Å². The highest BCUT2D eigenvalue weighted by Crippen LogP contribution is 2.21. The van der Waals surface area contributed by atoms with Gasteiger partial charge in [-0.2, -0.15) is 0 Å². The van der Waals surface area contributed by atoms with E-state index in [2.05, 4.69) is 15.6 Å². The second kappa shape index (κ2) is 9.47. The van der Waals surface area contributed by atoms with Crippen molar-refractivity contribution in [2.45, 2.75) is 38.1 Å². The molecule has 0 atom stereocenters. The zero-order valence-corrected chi connectivity index (χ0v) is 17.1. The zero-order valence-electron chi connectivity index (χ0n) is 17.1. The van der Waals surface area contributed by atoms with Gasteiger partial charge in [-0.05, 0) is 36.6 Å². The molecule has 0 radical (unpaired) electrons. The molecule has 4 rings (SSSR count). The summed E-state index contributed by atoms with van der Waals surface area (Å²) in [5.41, 5.74) is 2.55. The highest BCUT2D eigenvalue weighted by molar-refractivity contribution is 6.04. The van der Waals surface area contributed by atoms with Crippen molar-refractivity contribution >= 4 is 34.4 Å². The molecule has 2 amide bonds. The van der Waals surface area contributed by atoms with E-state index < -0.39 is 18.5 Å². The minimum Gasteiger partial charge on any atom is -0.455 e. The first-order valence-corrected chi connectivity index (χ1v) is 10.5. The molecule has 1 fully saturated rings. The fourth-order valence-corrected chi connectivity index (χ4v) is 3.94. The number of anilines is 1. The molecule has 0 saturated heterocycles. The number of fused-ring (bicyclic) bond motifs is 1. The molecule has 7 nitrogen and oxygen atoms in total. The molecule has 1 aromatic heterocycles. The fourth-order valence-electron chi connectivity index (χ4n) is 3.94. The molecule has 3 aromatic rings. The third kappa shape index (κ3) is 5.12. The van der Waals surface area contributed by atoms with Crippen LogP contribution in [0.15, 0.2) is 54.7 Å². The number of nitrogens with one attached hydrogen (secondary N) is 3. The monoisotopic (exact) mass is 419 g/mol. The molecule has 1 aliphatic carbocycles. The highest BCUT2D eigenvalue weighted by atomic mass is 16.5. The first kappa shape index (κ1) is 20.7. The smallest absolute Gasteiger partial charge is 0.310 e. The van der Waals surface area contributed by atoms with Gasteiger partial charge in [0.2, 0.25) is 0 Å². The number of benzene rings is 2. The van der Waals surface area contributed by atoms with Gasteiger partial charge in [-0.15, -0.1) is 0 Å². The second-order valence-electron chi connectivity index (χ2n) is 7.75. The van der Waals surface area contributed by atoms with Crippen LogP contribution in [0.3, 0.4) is 0 Å². The maximum absolute atomic E-state index is 12.6. The molecule has 160 valence electrons. The topological polar surface area (TPSA) is 100 Å². The Balaban J connectivity index is 1.31. The zero-order chi connectivity index (χ0) is 21.6. The number of rotatable bonds is 7. The van der Waals surface area contributed by atoms with Crippen molar-refractivity contribution in [1.29, 1.82) is 0 Å². The predicted molar refractivity (Wildman–Crippen MR) is 118 cm³/mol. The van der Waals surface area contributed by atoms with Crippen molar-refractivity contribution in [1.82, 2.24) is 10.3 Å². The van der Waals surface area contributed by atoms with E-state index in [1.165, 1.54) is 0 Å². The first-order chi connectivity index (χ1) is 15.1. The Hall–Kier alpha value is -3.61. The number of H-pyrrole nitrogens is 1. The minimum atomic E-state index is -0.493. The van der Waals surface area contributed by atoms with Gasteiger partial charge < -0.3 is 20.4 Å². The lowest BCUT2D eigenvalue weighted by Gasteiger charge is -2.15. The van der Waals surface area contributed by atoms with Gasteiger partial charge in [-0.3, -0.25) is 14.4 Å². The lowest BCUT2D eigenvalue weighted by atomic mass is 10.1. The number of ether oxygens (including phenoxy) is 1. The maximum Gasteiger partial charge on any atom is 0.310 e. The number of amides is 2. The summed E-state index contributed by atoms with van der Waals surface area (Å²) in [5, 5.41) is 6.65. The SMILES string of the molecule is O=C(COC(=O)Cc1c[nH]c2ccccc12)Nc1ccccc1C(=O)NC1CCCC1. The second-order valence-corrected chi connectivity index (χ2v) is 7.75. The molecule has 0 aliphatic heterocycles. The number of esters is 1. The molecular formula is C24H25N3O4. The Morgan fingerprint density at radius 3 is 2.58 bits per heavy atom. The molecule has 0 unspecified atom stereocenters. The Labute approximate surface area is 180 Å². The minimum absolute atomic E-state index is 0.0671. The number of para-hydroxylation sites is 2. The molecule has 0 spiro atoms. The quantitative estimate of drug-likeness (QED) is 0.510. The van der Waals surface area contributed by atoms with E-state index in [1.54, 1.807) is 30.5 Å². The standard InChI is InChI=1S/C24H25N3O4/c28-22(15-31-23(29)13-16-14-25-20-11-5-3-9-18(16)20)27-21-12-6-4-10-19(21)24(30)26-17-7-1-2-8-17/h3-6,9-12,14,17,25H,1-2,7-8,13,15H2,(H,26,30)(H,27,28). The van der Waals surface area contributed by atoms with E-state index >= 15 is 0 Å². The van der Waals surface area contributed by atoms with Crippen LogP contribution in [0.2, 0.25) is 0 Å². The Morgan fingerprint density at radius 1 is 1.00 bits per heavy atom. The number of carbonyl (C=O) groups excluding carboxylic acids is 3. The number of aromatic nitrogens is 1. The van der Waals surface area contributed by atoms with E-state index in [0.717, 1.165) is 42.1 Å². The highest BCUT2D eigenvalue weighted by Gasteiger charge is 2.20. The van der Waals surface area contributed by atoms with Crippen LogP contribution in [0, 0.1) is 0 Å². The summed E-state index contributed by atoms with van der Waals surface area (Å²) in [6.07, 6.45) is 6.03. The van der Waals surface area contributed by atoms with Gasteiger partial charge in [0.25, 0.3) is 11.8 Å². The lowest BCUT2D eigenvalue weighted by Crippen LogP contribution is -2.33. The average molecular weight is 419 g/mol. The maximum atomic E-state index is 12.6. The predicted octanol–water partition coefficient (Wildman–Crippen LogP) is 3.56. The summed E-state index contributed by atoms with van der Waals surface area (Å²) in [5.74, 6) is -1.19. The Kier molecular flexibility index (Phi) is 6.31. The summed E-state index contributed by atoms with van der Waals surface area (Å²) >= 11 is 0. The van der Waals surface area contributed by atoms with E-state index in [0.29, 0.717) is 11.3 Å². The number of aromatic amines is 1. The molecular weight excluding hydrogens is 394 g/mol. The van der Waals surface area contributed by atoms with Crippen LogP contribution in [0.25, 0.3) is 10.9 Å². The van der Waals surface area contributed by atoms with Gasteiger partial charge in [0.05, 0.1) is 17.7 Å². The number of hydrogen-bond acceptors (Lipinski definition) is 4. The number of hydrogen-bond donors (Lipinski definition) is 3. The number of carbonyl (C=O) groups is 3. The van der Waals surface area contributed by atoms with Crippen LogP contribution in [0.4, 0.5) is 5.69 Å². The van der Waals surface area contributed by atoms with Gasteiger partial charge >= 0.3 is 5.97 Å². The van der Waals surface area contributed by atoms with Gasteiger partial charge in [0.15, 0.2) is 6.61 Å². The molecule has 3 N–H and O–H groups in total. The Bertz CT molecular complexity index is 1100. The Morgan fingerprint density at radius 2 is 1.74 bits per heavy atom. The van der Waals surface area contributed by atoms with E-state index in [1.807, 2.05) is 24.3 Å².